The zero-order valence-corrected chi connectivity index (χ0v) is 11.2. The molecule has 0 amide bonds. The molecule has 84 valence electrons. The molecule has 1 heterocycles. The third kappa shape index (κ3) is 2.05. The van der Waals surface area contributed by atoms with Crippen molar-refractivity contribution in [2.75, 3.05) is 12.4 Å². The molecule has 0 saturated carbocycles. The summed E-state index contributed by atoms with van der Waals surface area (Å²) in [6, 6.07) is 3.30. The van der Waals surface area contributed by atoms with Gasteiger partial charge < -0.3 is 5.32 Å². The minimum Gasteiger partial charge on any atom is -0.363 e. The van der Waals surface area contributed by atoms with Gasteiger partial charge in [0.15, 0.2) is 10.8 Å². The molecule has 16 heavy (non-hydrogen) atoms. The largest absolute Gasteiger partial charge is 0.363 e. The fourth-order valence-corrected chi connectivity index (χ4v) is 2.31. The second kappa shape index (κ2) is 4.65. The van der Waals surface area contributed by atoms with E-state index in [-0.39, 0.29) is 5.02 Å². The van der Waals surface area contributed by atoms with Crippen molar-refractivity contribution >= 4 is 44.0 Å². The summed E-state index contributed by atoms with van der Waals surface area (Å²) in [5, 5.41) is 11.7. The van der Waals surface area contributed by atoms with Crippen molar-refractivity contribution in [3.05, 3.63) is 27.4 Å². The number of aromatic nitrogens is 2. The van der Waals surface area contributed by atoms with Crippen LogP contribution < -0.4 is 5.32 Å². The number of halogens is 3. The van der Waals surface area contributed by atoms with Gasteiger partial charge in [0.1, 0.15) is 0 Å². The number of nitrogens with one attached hydrogen (secondary N) is 1. The van der Waals surface area contributed by atoms with Gasteiger partial charge in [0.25, 0.3) is 0 Å². The Balaban J connectivity index is 2.52. The number of hydrogen-bond donors (Lipinski definition) is 1. The number of rotatable bonds is 2. The molecule has 2 aromatic rings. The molecule has 0 unspecified atom stereocenters. The standard InChI is InChI=1S/C9H6BrClFN3S/c1-13-9-15-14-8(16-9)4-2-3-5(10)6(11)7(4)12/h2-3H,1H3,(H,13,15). The topological polar surface area (TPSA) is 37.8 Å². The Morgan fingerprint density at radius 3 is 2.81 bits per heavy atom. The quantitative estimate of drug-likeness (QED) is 0.855. The molecule has 3 nitrogen and oxygen atoms in total. The molecule has 0 saturated heterocycles. The van der Waals surface area contributed by atoms with Gasteiger partial charge in [-0.05, 0) is 28.1 Å². The molecule has 0 atom stereocenters. The molecule has 0 spiro atoms. The Kier molecular flexibility index (Phi) is 3.41. The van der Waals surface area contributed by atoms with Crippen molar-refractivity contribution in [2.24, 2.45) is 0 Å². The van der Waals surface area contributed by atoms with Crippen molar-refractivity contribution < 1.29 is 4.39 Å². The third-order valence-electron chi connectivity index (χ3n) is 1.90. The van der Waals surface area contributed by atoms with Gasteiger partial charge in [0.2, 0.25) is 5.13 Å². The van der Waals surface area contributed by atoms with Crippen molar-refractivity contribution in [3.8, 4) is 10.6 Å². The Morgan fingerprint density at radius 2 is 2.19 bits per heavy atom. The Morgan fingerprint density at radius 1 is 1.44 bits per heavy atom. The molecular weight excluding hydrogens is 317 g/mol. The number of anilines is 1. The molecule has 1 aromatic heterocycles. The summed E-state index contributed by atoms with van der Waals surface area (Å²) in [7, 11) is 1.73. The van der Waals surface area contributed by atoms with Gasteiger partial charge in [-0.1, -0.05) is 22.9 Å². The van der Waals surface area contributed by atoms with Crippen molar-refractivity contribution in [2.45, 2.75) is 0 Å². The summed E-state index contributed by atoms with van der Waals surface area (Å²) < 4.78 is 14.3. The van der Waals surface area contributed by atoms with E-state index >= 15 is 0 Å². The van der Waals surface area contributed by atoms with E-state index in [9.17, 15) is 4.39 Å². The van der Waals surface area contributed by atoms with E-state index in [0.717, 1.165) is 0 Å². The van der Waals surface area contributed by atoms with Crippen molar-refractivity contribution in [1.82, 2.24) is 10.2 Å². The summed E-state index contributed by atoms with van der Waals surface area (Å²) in [4.78, 5) is 0. The van der Waals surface area contributed by atoms with Crippen molar-refractivity contribution in [1.29, 1.82) is 0 Å². The van der Waals surface area contributed by atoms with E-state index < -0.39 is 5.82 Å². The van der Waals surface area contributed by atoms with Crippen LogP contribution in [0.1, 0.15) is 0 Å². The lowest BCUT2D eigenvalue weighted by Crippen LogP contribution is -1.86. The van der Waals surface area contributed by atoms with E-state index in [1.807, 2.05) is 0 Å². The number of nitrogens with zero attached hydrogens (tertiary/aromatic N) is 2. The molecule has 0 bridgehead atoms. The second-order valence-corrected chi connectivity index (χ2v) is 5.10. The minimum absolute atomic E-state index is 0.0544. The van der Waals surface area contributed by atoms with Gasteiger partial charge in [0.05, 0.1) is 5.02 Å². The fraction of sp³-hybridized carbons (Fsp3) is 0.111. The summed E-state index contributed by atoms with van der Waals surface area (Å²) >= 11 is 10.2. The fourth-order valence-electron chi connectivity index (χ4n) is 1.12. The lowest BCUT2D eigenvalue weighted by atomic mass is 10.2. The SMILES string of the molecule is CNc1nnc(-c2ccc(Br)c(Cl)c2F)s1. The van der Waals surface area contributed by atoms with Crippen LogP contribution in [0.25, 0.3) is 10.6 Å². The van der Waals surface area contributed by atoms with Crippen LogP contribution in [-0.2, 0) is 0 Å². The van der Waals surface area contributed by atoms with Gasteiger partial charge in [-0.15, -0.1) is 10.2 Å². The van der Waals surface area contributed by atoms with Crippen LogP contribution in [0.3, 0.4) is 0 Å². The molecule has 7 heteroatoms. The first-order valence-electron chi connectivity index (χ1n) is 4.28. The molecule has 0 radical (unpaired) electrons. The third-order valence-corrected chi connectivity index (χ3v) is 4.14. The average molecular weight is 323 g/mol. The molecule has 1 N–H and O–H groups in total. The van der Waals surface area contributed by atoms with Gasteiger partial charge >= 0.3 is 0 Å². The molecule has 0 aliphatic rings. The van der Waals surface area contributed by atoms with Gasteiger partial charge in [-0.3, -0.25) is 0 Å². The second-order valence-electron chi connectivity index (χ2n) is 2.89. The minimum atomic E-state index is -0.491. The molecule has 2 rings (SSSR count). The van der Waals surface area contributed by atoms with Crippen LogP contribution in [0.5, 0.6) is 0 Å². The van der Waals surface area contributed by atoms with Crippen LogP contribution in [0.15, 0.2) is 16.6 Å². The molecular formula is C9H6BrClFN3S. The molecule has 0 fully saturated rings. The molecule has 0 aliphatic carbocycles. The summed E-state index contributed by atoms with van der Waals surface area (Å²) in [6.45, 7) is 0. The van der Waals surface area contributed by atoms with Gasteiger partial charge in [-0.25, -0.2) is 4.39 Å². The molecule has 1 aromatic carbocycles. The van der Waals surface area contributed by atoms with E-state index in [1.165, 1.54) is 11.3 Å². The van der Waals surface area contributed by atoms with Gasteiger partial charge in [-0.2, -0.15) is 0 Å². The van der Waals surface area contributed by atoms with E-state index in [0.29, 0.717) is 20.2 Å². The highest BCUT2D eigenvalue weighted by Crippen LogP contribution is 2.34. The van der Waals surface area contributed by atoms with Crippen LogP contribution in [0.2, 0.25) is 5.02 Å². The summed E-state index contributed by atoms with van der Waals surface area (Å²) in [5.41, 5.74) is 0.354. The first-order valence-corrected chi connectivity index (χ1v) is 6.27. The smallest absolute Gasteiger partial charge is 0.205 e. The van der Waals surface area contributed by atoms with Crippen molar-refractivity contribution in [3.63, 3.8) is 0 Å². The number of benzene rings is 1. The maximum atomic E-state index is 13.8. The van der Waals surface area contributed by atoms with E-state index in [2.05, 4.69) is 31.4 Å². The summed E-state index contributed by atoms with van der Waals surface area (Å²) in [6.07, 6.45) is 0. The Bertz CT molecular complexity index is 531. The van der Waals surface area contributed by atoms with Crippen LogP contribution in [0.4, 0.5) is 9.52 Å². The van der Waals surface area contributed by atoms with Crippen LogP contribution >= 0.6 is 38.9 Å². The van der Waals surface area contributed by atoms with Crippen LogP contribution in [-0.4, -0.2) is 17.2 Å². The normalized spacial score (nSPS) is 10.5. The Labute approximate surface area is 109 Å². The highest BCUT2D eigenvalue weighted by molar-refractivity contribution is 9.10. The van der Waals surface area contributed by atoms with E-state index in [1.54, 1.807) is 19.2 Å². The lowest BCUT2D eigenvalue weighted by molar-refractivity contribution is 0.630. The lowest BCUT2D eigenvalue weighted by Gasteiger charge is -2.02. The average Bonchev–Trinajstić information content (AvgIpc) is 2.74. The van der Waals surface area contributed by atoms with Gasteiger partial charge in [0, 0.05) is 17.1 Å². The van der Waals surface area contributed by atoms with Crippen LogP contribution in [0, 0.1) is 5.82 Å². The van der Waals surface area contributed by atoms with E-state index in [4.69, 9.17) is 11.6 Å². The maximum absolute atomic E-state index is 13.8. The zero-order valence-electron chi connectivity index (χ0n) is 8.09. The molecule has 0 aliphatic heterocycles. The summed E-state index contributed by atoms with van der Waals surface area (Å²) in [5.74, 6) is -0.491. The Hall–Kier alpha value is -0.720. The predicted molar refractivity (Wildman–Crippen MR) is 67.6 cm³/mol. The number of hydrogen-bond acceptors (Lipinski definition) is 4. The first-order chi connectivity index (χ1) is 7.63. The maximum Gasteiger partial charge on any atom is 0.205 e. The predicted octanol–water partition coefficient (Wildman–Crippen LogP) is 3.80. The monoisotopic (exact) mass is 321 g/mol. The highest BCUT2D eigenvalue weighted by atomic mass is 79.9. The highest BCUT2D eigenvalue weighted by Gasteiger charge is 2.15. The first kappa shape index (κ1) is 11.8. The zero-order chi connectivity index (χ0) is 11.7.